The van der Waals surface area contributed by atoms with Crippen LogP contribution in [0.25, 0.3) is 0 Å². The lowest BCUT2D eigenvalue weighted by molar-refractivity contribution is 0.430. The molecule has 1 aromatic rings. The summed E-state index contributed by atoms with van der Waals surface area (Å²) >= 11 is 0. The molecule has 0 bridgehead atoms. The van der Waals surface area contributed by atoms with Gasteiger partial charge in [-0.05, 0) is 30.4 Å². The van der Waals surface area contributed by atoms with Crippen LogP contribution >= 0.6 is 0 Å². The van der Waals surface area contributed by atoms with E-state index >= 15 is 0 Å². The normalized spacial score (nSPS) is 16.8. The van der Waals surface area contributed by atoms with Gasteiger partial charge in [0.2, 0.25) is 0 Å². The minimum atomic E-state index is 0.476. The second-order valence-corrected chi connectivity index (χ2v) is 4.55. The predicted molar refractivity (Wildman–Crippen MR) is 68.3 cm³/mol. The Morgan fingerprint density at radius 1 is 1.38 bits per heavy atom. The Kier molecular flexibility index (Phi) is 3.64. The summed E-state index contributed by atoms with van der Waals surface area (Å²) in [7, 11) is 0. The average Bonchev–Trinajstić information content (AvgIpc) is 2.70. The van der Waals surface area contributed by atoms with Crippen LogP contribution in [0.15, 0.2) is 24.3 Å². The van der Waals surface area contributed by atoms with Crippen molar-refractivity contribution in [3.8, 4) is 12.3 Å². The highest BCUT2D eigenvalue weighted by atomic mass is 14.9. The molecule has 1 heteroatoms. The van der Waals surface area contributed by atoms with Crippen molar-refractivity contribution in [3.63, 3.8) is 0 Å². The van der Waals surface area contributed by atoms with Crippen molar-refractivity contribution in [2.24, 2.45) is 0 Å². The molecule has 0 saturated carbocycles. The van der Waals surface area contributed by atoms with Crippen molar-refractivity contribution >= 4 is 0 Å². The zero-order valence-electron chi connectivity index (χ0n) is 9.87. The molecule has 0 heterocycles. The summed E-state index contributed by atoms with van der Waals surface area (Å²) in [4.78, 5) is 0. The van der Waals surface area contributed by atoms with Gasteiger partial charge in [0.25, 0.3) is 0 Å². The van der Waals surface area contributed by atoms with Crippen LogP contribution in [0.2, 0.25) is 0 Å². The van der Waals surface area contributed by atoms with E-state index in [1.165, 1.54) is 11.1 Å². The van der Waals surface area contributed by atoms with Gasteiger partial charge in [-0.1, -0.05) is 31.2 Å². The molecular weight excluding hydrogens is 194 g/mol. The summed E-state index contributed by atoms with van der Waals surface area (Å²) < 4.78 is 0. The number of nitrogens with one attached hydrogen (secondary N) is 1. The number of hydrogen-bond donors (Lipinski definition) is 1. The fraction of sp³-hybridized carbons (Fsp3) is 0.467. The molecule has 0 spiro atoms. The second kappa shape index (κ2) is 5.18. The van der Waals surface area contributed by atoms with Gasteiger partial charge in [-0.3, -0.25) is 0 Å². The first-order valence-electron chi connectivity index (χ1n) is 6.09. The Morgan fingerprint density at radius 2 is 2.00 bits per heavy atom. The molecule has 1 aromatic carbocycles. The lowest BCUT2D eigenvalue weighted by atomic mass is 10.1. The molecule has 1 unspecified atom stereocenters. The molecular formula is C15H19N. The largest absolute Gasteiger partial charge is 0.310 e. The fourth-order valence-electron chi connectivity index (χ4n) is 2.47. The van der Waals surface area contributed by atoms with Gasteiger partial charge in [-0.2, -0.15) is 0 Å². The molecule has 1 N–H and O–H groups in total. The zero-order chi connectivity index (χ0) is 11.4. The highest BCUT2D eigenvalue weighted by Crippen LogP contribution is 2.22. The predicted octanol–water partition coefficient (Wildman–Crippen LogP) is 2.55. The van der Waals surface area contributed by atoms with Crippen molar-refractivity contribution < 1.29 is 0 Å². The molecule has 0 fully saturated rings. The Bertz CT molecular complexity index is 364. The van der Waals surface area contributed by atoms with Crippen LogP contribution < -0.4 is 5.32 Å². The second-order valence-electron chi connectivity index (χ2n) is 4.55. The maximum atomic E-state index is 5.37. The van der Waals surface area contributed by atoms with E-state index in [9.17, 15) is 0 Å². The van der Waals surface area contributed by atoms with Gasteiger partial charge < -0.3 is 5.32 Å². The van der Waals surface area contributed by atoms with Crippen molar-refractivity contribution in [3.05, 3.63) is 35.4 Å². The maximum Gasteiger partial charge on any atom is 0.0240 e. The molecule has 0 radical (unpaired) electrons. The minimum Gasteiger partial charge on any atom is -0.310 e. The topological polar surface area (TPSA) is 12.0 Å². The Labute approximate surface area is 98.3 Å². The van der Waals surface area contributed by atoms with E-state index in [0.29, 0.717) is 12.1 Å². The molecule has 1 aliphatic rings. The lowest BCUT2D eigenvalue weighted by Crippen LogP contribution is -2.38. The SMILES string of the molecule is C#CCC(CC)NC1Cc2ccccc2C1. The third-order valence-corrected chi connectivity index (χ3v) is 3.38. The average molecular weight is 213 g/mol. The molecule has 1 atom stereocenters. The molecule has 2 rings (SSSR count). The molecule has 0 aromatic heterocycles. The van der Waals surface area contributed by atoms with Crippen LogP contribution in [0.4, 0.5) is 0 Å². The van der Waals surface area contributed by atoms with Crippen LogP contribution in [0.3, 0.4) is 0 Å². The standard InChI is InChI=1S/C15H19N/c1-3-7-14(4-2)16-15-10-12-8-5-6-9-13(12)11-15/h1,5-6,8-9,14-16H,4,7,10-11H2,2H3. The smallest absolute Gasteiger partial charge is 0.0240 e. The van der Waals surface area contributed by atoms with E-state index in [1.54, 1.807) is 0 Å². The van der Waals surface area contributed by atoms with Crippen LogP contribution in [0.1, 0.15) is 30.9 Å². The lowest BCUT2D eigenvalue weighted by Gasteiger charge is -2.19. The van der Waals surface area contributed by atoms with E-state index in [4.69, 9.17) is 6.42 Å². The monoisotopic (exact) mass is 213 g/mol. The van der Waals surface area contributed by atoms with Gasteiger partial charge in [0.1, 0.15) is 0 Å². The van der Waals surface area contributed by atoms with Gasteiger partial charge in [-0.15, -0.1) is 12.3 Å². The Balaban J connectivity index is 1.94. The van der Waals surface area contributed by atoms with E-state index in [-0.39, 0.29) is 0 Å². The summed E-state index contributed by atoms with van der Waals surface area (Å²) in [5, 5.41) is 3.67. The van der Waals surface area contributed by atoms with Gasteiger partial charge >= 0.3 is 0 Å². The van der Waals surface area contributed by atoms with E-state index in [2.05, 4.69) is 42.4 Å². The molecule has 16 heavy (non-hydrogen) atoms. The summed E-state index contributed by atoms with van der Waals surface area (Å²) in [6.45, 7) is 2.19. The van der Waals surface area contributed by atoms with Crippen LogP contribution in [0.5, 0.6) is 0 Å². The number of fused-ring (bicyclic) bond motifs is 1. The first-order valence-corrected chi connectivity index (χ1v) is 6.09. The molecule has 84 valence electrons. The van der Waals surface area contributed by atoms with Gasteiger partial charge in [-0.25, -0.2) is 0 Å². The van der Waals surface area contributed by atoms with Gasteiger partial charge in [0, 0.05) is 18.5 Å². The minimum absolute atomic E-state index is 0.476. The molecule has 0 amide bonds. The number of benzene rings is 1. The highest BCUT2D eigenvalue weighted by Gasteiger charge is 2.22. The van der Waals surface area contributed by atoms with Crippen molar-refractivity contribution in [1.29, 1.82) is 0 Å². The number of hydrogen-bond acceptors (Lipinski definition) is 1. The molecule has 0 saturated heterocycles. The third-order valence-electron chi connectivity index (χ3n) is 3.38. The summed E-state index contributed by atoms with van der Waals surface area (Å²) in [5.74, 6) is 2.75. The Morgan fingerprint density at radius 3 is 2.50 bits per heavy atom. The van der Waals surface area contributed by atoms with E-state index in [1.807, 2.05) is 0 Å². The number of rotatable bonds is 4. The molecule has 1 aliphatic carbocycles. The van der Waals surface area contributed by atoms with E-state index < -0.39 is 0 Å². The Hall–Kier alpha value is -1.26. The summed E-state index contributed by atoms with van der Waals surface area (Å²) in [6.07, 6.45) is 9.62. The van der Waals surface area contributed by atoms with Crippen LogP contribution in [-0.4, -0.2) is 12.1 Å². The van der Waals surface area contributed by atoms with Crippen LogP contribution in [-0.2, 0) is 12.8 Å². The van der Waals surface area contributed by atoms with Crippen molar-refractivity contribution in [2.45, 2.75) is 44.7 Å². The highest BCUT2D eigenvalue weighted by molar-refractivity contribution is 5.33. The van der Waals surface area contributed by atoms with Crippen molar-refractivity contribution in [2.75, 3.05) is 0 Å². The molecule has 1 nitrogen and oxygen atoms in total. The first kappa shape index (κ1) is 11.2. The fourth-order valence-corrected chi connectivity index (χ4v) is 2.47. The zero-order valence-corrected chi connectivity index (χ0v) is 9.87. The van der Waals surface area contributed by atoms with E-state index in [0.717, 1.165) is 25.7 Å². The van der Waals surface area contributed by atoms with Crippen LogP contribution in [0, 0.1) is 12.3 Å². The summed E-state index contributed by atoms with van der Waals surface area (Å²) in [6, 6.07) is 9.78. The van der Waals surface area contributed by atoms with Crippen molar-refractivity contribution in [1.82, 2.24) is 5.32 Å². The quantitative estimate of drug-likeness (QED) is 0.758. The maximum absolute atomic E-state index is 5.37. The number of terminal acetylenes is 1. The molecule has 0 aliphatic heterocycles. The van der Waals surface area contributed by atoms with Gasteiger partial charge in [0.15, 0.2) is 0 Å². The summed E-state index contributed by atoms with van der Waals surface area (Å²) in [5.41, 5.74) is 2.99. The first-order chi connectivity index (χ1) is 7.83. The third kappa shape index (κ3) is 2.46. The van der Waals surface area contributed by atoms with Gasteiger partial charge in [0.05, 0.1) is 0 Å².